The van der Waals surface area contributed by atoms with Gasteiger partial charge >= 0.3 is 0 Å². The average Bonchev–Trinajstić information content (AvgIpc) is 2.69. The Bertz CT molecular complexity index is 473. The van der Waals surface area contributed by atoms with Gasteiger partial charge in [-0.1, -0.05) is 13.8 Å². The van der Waals surface area contributed by atoms with Crippen molar-refractivity contribution in [2.45, 2.75) is 20.3 Å². The molecule has 0 saturated carbocycles. The van der Waals surface area contributed by atoms with Crippen LogP contribution < -0.4 is 10.2 Å². The fourth-order valence-electron chi connectivity index (χ4n) is 2.21. The molecule has 1 fully saturated rings. The first kappa shape index (κ1) is 12.6. The molecule has 1 aromatic rings. The molecule has 0 aromatic carbocycles. The van der Waals surface area contributed by atoms with Crippen LogP contribution in [0.25, 0.3) is 0 Å². The van der Waals surface area contributed by atoms with Gasteiger partial charge in [0.15, 0.2) is 0 Å². The van der Waals surface area contributed by atoms with Crippen LogP contribution in [-0.2, 0) is 0 Å². The molecule has 98 valence electrons. The van der Waals surface area contributed by atoms with Crippen LogP contribution in [0.4, 0.5) is 17.3 Å². The SMILES string of the molecule is CNc1cc([N+](=O)[O-])cc(N2CCC(C)(C)C2)n1. The Kier molecular flexibility index (Phi) is 3.11. The Balaban J connectivity index is 2.33. The third-order valence-electron chi connectivity index (χ3n) is 3.26. The molecule has 0 amide bonds. The number of rotatable bonds is 3. The van der Waals surface area contributed by atoms with Crippen molar-refractivity contribution in [2.24, 2.45) is 5.41 Å². The Hall–Kier alpha value is -1.85. The lowest BCUT2D eigenvalue weighted by atomic mass is 9.93. The minimum absolute atomic E-state index is 0.0778. The molecule has 0 radical (unpaired) electrons. The monoisotopic (exact) mass is 250 g/mol. The maximum Gasteiger partial charge on any atom is 0.276 e. The summed E-state index contributed by atoms with van der Waals surface area (Å²) in [5, 5.41) is 13.8. The van der Waals surface area contributed by atoms with Crippen LogP contribution in [0.15, 0.2) is 12.1 Å². The summed E-state index contributed by atoms with van der Waals surface area (Å²) in [6, 6.07) is 2.99. The van der Waals surface area contributed by atoms with Gasteiger partial charge < -0.3 is 10.2 Å². The third-order valence-corrected chi connectivity index (χ3v) is 3.26. The van der Waals surface area contributed by atoms with Crippen LogP contribution in [0, 0.1) is 15.5 Å². The summed E-state index contributed by atoms with van der Waals surface area (Å²) in [6.07, 6.45) is 1.08. The topological polar surface area (TPSA) is 71.3 Å². The largest absolute Gasteiger partial charge is 0.373 e. The quantitative estimate of drug-likeness (QED) is 0.658. The maximum absolute atomic E-state index is 10.9. The number of hydrogen-bond acceptors (Lipinski definition) is 5. The molecule has 0 unspecified atom stereocenters. The van der Waals surface area contributed by atoms with Crippen LogP contribution in [-0.4, -0.2) is 30.0 Å². The van der Waals surface area contributed by atoms with E-state index in [4.69, 9.17) is 0 Å². The second-order valence-electron chi connectivity index (χ2n) is 5.41. The second kappa shape index (κ2) is 4.44. The molecule has 2 rings (SSSR count). The average molecular weight is 250 g/mol. The molecule has 1 aromatic heterocycles. The number of hydrogen-bond donors (Lipinski definition) is 1. The van der Waals surface area contributed by atoms with Crippen LogP contribution in [0.2, 0.25) is 0 Å². The molecule has 2 heterocycles. The lowest BCUT2D eigenvalue weighted by molar-refractivity contribution is -0.384. The van der Waals surface area contributed by atoms with Gasteiger partial charge in [0.2, 0.25) is 0 Å². The Labute approximate surface area is 106 Å². The zero-order valence-corrected chi connectivity index (χ0v) is 10.9. The number of nitrogens with one attached hydrogen (secondary N) is 1. The van der Waals surface area contributed by atoms with Crippen molar-refractivity contribution in [3.63, 3.8) is 0 Å². The molecule has 1 aliphatic rings. The van der Waals surface area contributed by atoms with E-state index in [1.54, 1.807) is 13.1 Å². The van der Waals surface area contributed by atoms with Crippen molar-refractivity contribution >= 4 is 17.3 Å². The number of aromatic nitrogens is 1. The van der Waals surface area contributed by atoms with Gasteiger partial charge in [-0.05, 0) is 11.8 Å². The zero-order valence-electron chi connectivity index (χ0n) is 10.9. The van der Waals surface area contributed by atoms with Gasteiger partial charge in [0.05, 0.1) is 17.1 Å². The highest BCUT2D eigenvalue weighted by Crippen LogP contribution is 2.33. The molecule has 0 bridgehead atoms. The van der Waals surface area contributed by atoms with E-state index in [1.165, 1.54) is 6.07 Å². The maximum atomic E-state index is 10.9. The molecule has 1 N–H and O–H groups in total. The molecule has 1 saturated heterocycles. The van der Waals surface area contributed by atoms with Gasteiger partial charge in [-0.25, -0.2) is 4.98 Å². The first-order valence-electron chi connectivity index (χ1n) is 6.00. The van der Waals surface area contributed by atoms with Gasteiger partial charge in [0, 0.05) is 20.1 Å². The van der Waals surface area contributed by atoms with E-state index in [2.05, 4.69) is 29.0 Å². The Morgan fingerprint density at radius 3 is 2.72 bits per heavy atom. The predicted molar refractivity (Wildman–Crippen MR) is 71.0 cm³/mol. The standard InChI is InChI=1S/C12H18N4O2/c1-12(2)4-5-15(8-12)11-7-9(16(17)18)6-10(13-3)14-11/h6-7H,4-5,8H2,1-3H3,(H,13,14). The predicted octanol–water partition coefficient (Wildman–Crippen LogP) is 2.27. The molecule has 18 heavy (non-hydrogen) atoms. The Morgan fingerprint density at radius 1 is 1.50 bits per heavy atom. The summed E-state index contributed by atoms with van der Waals surface area (Å²) in [4.78, 5) is 17.0. The van der Waals surface area contributed by atoms with Gasteiger partial charge in [-0.2, -0.15) is 0 Å². The molecular weight excluding hydrogens is 232 g/mol. The van der Waals surface area contributed by atoms with Crippen molar-refractivity contribution in [1.82, 2.24) is 4.98 Å². The first-order chi connectivity index (χ1) is 8.41. The smallest absolute Gasteiger partial charge is 0.276 e. The highest BCUT2D eigenvalue weighted by atomic mass is 16.6. The minimum Gasteiger partial charge on any atom is -0.373 e. The number of nitro groups is 1. The second-order valence-corrected chi connectivity index (χ2v) is 5.41. The molecule has 6 heteroatoms. The molecule has 0 spiro atoms. The van der Waals surface area contributed by atoms with Gasteiger partial charge in [-0.15, -0.1) is 0 Å². The highest BCUT2D eigenvalue weighted by molar-refractivity contribution is 5.56. The molecule has 1 aliphatic heterocycles. The summed E-state index contributed by atoms with van der Waals surface area (Å²) < 4.78 is 0. The van der Waals surface area contributed by atoms with Crippen LogP contribution in [0.1, 0.15) is 20.3 Å². The summed E-state index contributed by atoms with van der Waals surface area (Å²) in [7, 11) is 1.71. The van der Waals surface area contributed by atoms with E-state index in [9.17, 15) is 10.1 Å². The molecule has 6 nitrogen and oxygen atoms in total. The Morgan fingerprint density at radius 2 is 2.22 bits per heavy atom. The van der Waals surface area contributed by atoms with E-state index in [0.717, 1.165) is 19.5 Å². The van der Waals surface area contributed by atoms with Crippen molar-refractivity contribution in [3.8, 4) is 0 Å². The van der Waals surface area contributed by atoms with Gasteiger partial charge in [0.25, 0.3) is 5.69 Å². The van der Waals surface area contributed by atoms with Crippen LogP contribution in [0.3, 0.4) is 0 Å². The summed E-state index contributed by atoms with van der Waals surface area (Å²) in [6.45, 7) is 6.17. The van der Waals surface area contributed by atoms with E-state index < -0.39 is 0 Å². The lowest BCUT2D eigenvalue weighted by Crippen LogP contribution is -2.23. The number of anilines is 2. The molecular formula is C12H18N4O2. The highest BCUT2D eigenvalue weighted by Gasteiger charge is 2.30. The zero-order chi connectivity index (χ0) is 13.3. The van der Waals surface area contributed by atoms with E-state index in [1.807, 2.05) is 0 Å². The van der Waals surface area contributed by atoms with Crippen molar-refractivity contribution in [1.29, 1.82) is 0 Å². The normalized spacial score (nSPS) is 17.8. The fraction of sp³-hybridized carbons (Fsp3) is 0.583. The van der Waals surface area contributed by atoms with E-state index >= 15 is 0 Å². The van der Waals surface area contributed by atoms with Crippen molar-refractivity contribution in [2.75, 3.05) is 30.4 Å². The van der Waals surface area contributed by atoms with Gasteiger partial charge in [0.1, 0.15) is 11.6 Å². The summed E-state index contributed by atoms with van der Waals surface area (Å²) in [5.74, 6) is 1.21. The van der Waals surface area contributed by atoms with Gasteiger partial charge in [-0.3, -0.25) is 10.1 Å². The minimum atomic E-state index is -0.382. The van der Waals surface area contributed by atoms with Crippen molar-refractivity contribution in [3.05, 3.63) is 22.2 Å². The first-order valence-corrected chi connectivity index (χ1v) is 6.00. The van der Waals surface area contributed by atoms with Crippen LogP contribution in [0.5, 0.6) is 0 Å². The van der Waals surface area contributed by atoms with E-state index in [0.29, 0.717) is 11.6 Å². The van der Waals surface area contributed by atoms with Crippen LogP contribution >= 0.6 is 0 Å². The number of nitrogens with zero attached hydrogens (tertiary/aromatic N) is 3. The molecule has 0 atom stereocenters. The van der Waals surface area contributed by atoms with Crippen molar-refractivity contribution < 1.29 is 4.92 Å². The summed E-state index contributed by atoms with van der Waals surface area (Å²) >= 11 is 0. The fourth-order valence-corrected chi connectivity index (χ4v) is 2.21. The molecule has 0 aliphatic carbocycles. The van der Waals surface area contributed by atoms with E-state index in [-0.39, 0.29) is 16.0 Å². The lowest BCUT2D eigenvalue weighted by Gasteiger charge is -2.20. The summed E-state index contributed by atoms with van der Waals surface area (Å²) in [5.41, 5.74) is 0.320. The third kappa shape index (κ3) is 2.52. The number of pyridine rings is 1.